The number of nitrogens with zero attached hydrogens (tertiary/aromatic N) is 2. The highest BCUT2D eigenvalue weighted by Gasteiger charge is 2.39. The lowest BCUT2D eigenvalue weighted by atomic mass is 9.74. The Morgan fingerprint density at radius 3 is 3.07 bits per heavy atom. The standard InChI is InChI=1S/C20H20N6S/c21-20-25-14-4-3-10(8-16(14)27-20)18-11-2-1-7-22-19(11)17-12-9-23-26-13(12)5-6-15(17)24-18/h3-6,8-9,11,18-19,22,24H,1-2,7H2,(H2,21,25)(H,23,26)/t11-,18+,19?/m0/s1. The fourth-order valence-corrected chi connectivity index (χ4v) is 5.63. The highest BCUT2D eigenvalue weighted by atomic mass is 32.1. The molecule has 5 N–H and O–H groups in total. The van der Waals surface area contributed by atoms with E-state index in [4.69, 9.17) is 5.73 Å². The molecule has 1 fully saturated rings. The molecule has 0 spiro atoms. The third-order valence-corrected chi connectivity index (χ3v) is 6.86. The highest BCUT2D eigenvalue weighted by Crippen LogP contribution is 2.49. The first-order valence-corrected chi connectivity index (χ1v) is 10.2. The van der Waals surface area contributed by atoms with E-state index in [1.165, 1.54) is 35.0 Å². The number of hydrogen-bond acceptors (Lipinski definition) is 6. The van der Waals surface area contributed by atoms with Crippen molar-refractivity contribution in [3.8, 4) is 0 Å². The topological polar surface area (TPSA) is 91.6 Å². The Bertz CT molecular complexity index is 1160. The SMILES string of the molecule is Nc1nc2ccc([C@H]3Nc4ccc5[nH]ncc5c4C4NCCC[C@H]43)cc2s1. The third-order valence-electron chi connectivity index (χ3n) is 6.01. The average molecular weight is 376 g/mol. The molecule has 1 saturated heterocycles. The van der Waals surface area contributed by atoms with Gasteiger partial charge in [0, 0.05) is 28.6 Å². The van der Waals surface area contributed by atoms with E-state index in [9.17, 15) is 0 Å². The monoisotopic (exact) mass is 376 g/mol. The fraction of sp³-hybridized carbons (Fsp3) is 0.300. The molecular formula is C20H20N6S. The Hall–Kier alpha value is -2.64. The van der Waals surface area contributed by atoms with Gasteiger partial charge < -0.3 is 16.4 Å². The predicted octanol–water partition coefficient (Wildman–Crippen LogP) is 3.96. The number of nitrogens with two attached hydrogens (primary N) is 1. The summed E-state index contributed by atoms with van der Waals surface area (Å²) in [5.41, 5.74) is 11.8. The number of nitrogen functional groups attached to an aromatic ring is 1. The van der Waals surface area contributed by atoms with Crippen LogP contribution in [0.25, 0.3) is 21.1 Å². The van der Waals surface area contributed by atoms with Crippen LogP contribution in [0.3, 0.4) is 0 Å². The number of H-pyrrole nitrogens is 1. The van der Waals surface area contributed by atoms with Crippen molar-refractivity contribution < 1.29 is 0 Å². The molecule has 0 radical (unpaired) electrons. The average Bonchev–Trinajstić information content (AvgIpc) is 3.31. The van der Waals surface area contributed by atoms with Crippen LogP contribution in [-0.4, -0.2) is 21.7 Å². The molecule has 2 aliphatic heterocycles. The Kier molecular flexibility index (Phi) is 3.24. The first-order chi connectivity index (χ1) is 13.3. The van der Waals surface area contributed by atoms with Gasteiger partial charge in [0.1, 0.15) is 0 Å². The second kappa shape index (κ2) is 5.68. The first kappa shape index (κ1) is 15.4. The number of hydrogen-bond donors (Lipinski definition) is 4. The third kappa shape index (κ3) is 2.28. The predicted molar refractivity (Wildman–Crippen MR) is 110 cm³/mol. The highest BCUT2D eigenvalue weighted by molar-refractivity contribution is 7.22. The Morgan fingerprint density at radius 1 is 1.15 bits per heavy atom. The second-order valence-corrected chi connectivity index (χ2v) is 8.56. The van der Waals surface area contributed by atoms with Crippen LogP contribution in [0, 0.1) is 5.92 Å². The van der Waals surface area contributed by atoms with Crippen LogP contribution < -0.4 is 16.4 Å². The zero-order chi connectivity index (χ0) is 18.0. The fourth-order valence-electron chi connectivity index (χ4n) is 4.85. The van der Waals surface area contributed by atoms with E-state index in [-0.39, 0.29) is 6.04 Å². The summed E-state index contributed by atoms with van der Waals surface area (Å²) in [5.74, 6) is 0.495. The number of benzene rings is 2. The Labute approximate surface area is 160 Å². The van der Waals surface area contributed by atoms with E-state index in [1.54, 1.807) is 11.3 Å². The normalized spacial score (nSPS) is 24.5. The molecule has 0 saturated carbocycles. The number of aromatic nitrogens is 3. The molecule has 3 atom stereocenters. The van der Waals surface area contributed by atoms with Crippen LogP contribution in [0.15, 0.2) is 36.5 Å². The maximum Gasteiger partial charge on any atom is 0.181 e. The summed E-state index contributed by atoms with van der Waals surface area (Å²) in [5, 5.41) is 16.8. The summed E-state index contributed by atoms with van der Waals surface area (Å²) in [6.45, 7) is 1.06. The molecule has 136 valence electrons. The van der Waals surface area contributed by atoms with Crippen LogP contribution in [0.1, 0.15) is 36.1 Å². The van der Waals surface area contributed by atoms with Gasteiger partial charge >= 0.3 is 0 Å². The maximum absolute atomic E-state index is 5.90. The van der Waals surface area contributed by atoms with Gasteiger partial charge in [-0.3, -0.25) is 5.10 Å². The molecule has 2 aliphatic rings. The first-order valence-electron chi connectivity index (χ1n) is 9.40. The van der Waals surface area contributed by atoms with Gasteiger partial charge in [-0.15, -0.1) is 0 Å². The summed E-state index contributed by atoms with van der Waals surface area (Å²) in [4.78, 5) is 4.40. The number of rotatable bonds is 1. The minimum atomic E-state index is 0.271. The number of anilines is 2. The summed E-state index contributed by atoms with van der Waals surface area (Å²) in [6.07, 6.45) is 4.35. The van der Waals surface area contributed by atoms with Crippen LogP contribution in [0.2, 0.25) is 0 Å². The Balaban J connectivity index is 1.51. The van der Waals surface area contributed by atoms with Gasteiger partial charge in [-0.1, -0.05) is 17.4 Å². The molecular weight excluding hydrogens is 356 g/mol. The van der Waals surface area contributed by atoms with E-state index in [0.717, 1.165) is 22.3 Å². The van der Waals surface area contributed by atoms with E-state index < -0.39 is 0 Å². The summed E-state index contributed by atoms with van der Waals surface area (Å²) >= 11 is 1.56. The van der Waals surface area contributed by atoms with E-state index in [2.05, 4.69) is 56.1 Å². The van der Waals surface area contributed by atoms with Crippen molar-refractivity contribution >= 4 is 43.3 Å². The number of aromatic amines is 1. The van der Waals surface area contributed by atoms with E-state index >= 15 is 0 Å². The zero-order valence-corrected chi connectivity index (χ0v) is 15.5. The number of nitrogens with one attached hydrogen (secondary N) is 3. The molecule has 4 heterocycles. The minimum Gasteiger partial charge on any atom is -0.378 e. The second-order valence-electron chi connectivity index (χ2n) is 7.50. The number of fused-ring (bicyclic) bond motifs is 6. The molecule has 6 nitrogen and oxygen atoms in total. The van der Waals surface area contributed by atoms with Crippen molar-refractivity contribution in [1.82, 2.24) is 20.5 Å². The molecule has 1 unspecified atom stereocenters. The van der Waals surface area contributed by atoms with Crippen molar-refractivity contribution in [2.45, 2.75) is 24.9 Å². The molecule has 27 heavy (non-hydrogen) atoms. The van der Waals surface area contributed by atoms with Crippen LogP contribution in [0.5, 0.6) is 0 Å². The van der Waals surface area contributed by atoms with Gasteiger partial charge in [0.25, 0.3) is 0 Å². The molecule has 2 aromatic heterocycles. The molecule has 4 aromatic rings. The van der Waals surface area contributed by atoms with Crippen LogP contribution in [0.4, 0.5) is 10.8 Å². The number of thiazole rings is 1. The molecule has 7 heteroatoms. The van der Waals surface area contributed by atoms with Gasteiger partial charge in [0.05, 0.1) is 28.0 Å². The van der Waals surface area contributed by atoms with E-state index in [1.807, 2.05) is 6.20 Å². The van der Waals surface area contributed by atoms with Gasteiger partial charge in [0.15, 0.2) is 5.13 Å². The van der Waals surface area contributed by atoms with E-state index in [0.29, 0.717) is 17.1 Å². The lowest BCUT2D eigenvalue weighted by molar-refractivity contribution is 0.247. The van der Waals surface area contributed by atoms with Gasteiger partial charge in [-0.05, 0) is 49.2 Å². The van der Waals surface area contributed by atoms with Crippen molar-refractivity contribution in [1.29, 1.82) is 0 Å². The quantitative estimate of drug-likeness (QED) is 0.404. The lowest BCUT2D eigenvalue weighted by Gasteiger charge is -2.44. The molecule has 0 bridgehead atoms. The van der Waals surface area contributed by atoms with Gasteiger partial charge in [0.2, 0.25) is 0 Å². The maximum atomic E-state index is 5.90. The van der Waals surface area contributed by atoms with Gasteiger partial charge in [-0.25, -0.2) is 4.98 Å². The summed E-state index contributed by atoms with van der Waals surface area (Å²) in [7, 11) is 0. The molecule has 0 amide bonds. The molecule has 6 rings (SSSR count). The van der Waals surface area contributed by atoms with Crippen LogP contribution >= 0.6 is 11.3 Å². The molecule has 0 aliphatic carbocycles. The minimum absolute atomic E-state index is 0.271. The van der Waals surface area contributed by atoms with Crippen molar-refractivity contribution in [2.24, 2.45) is 5.92 Å². The smallest absolute Gasteiger partial charge is 0.181 e. The Morgan fingerprint density at radius 2 is 2.11 bits per heavy atom. The lowest BCUT2D eigenvalue weighted by Crippen LogP contribution is -2.42. The van der Waals surface area contributed by atoms with Gasteiger partial charge in [-0.2, -0.15) is 5.10 Å². The van der Waals surface area contributed by atoms with Crippen LogP contribution in [-0.2, 0) is 0 Å². The zero-order valence-electron chi connectivity index (χ0n) is 14.7. The summed E-state index contributed by atoms with van der Waals surface area (Å²) < 4.78 is 1.16. The largest absolute Gasteiger partial charge is 0.378 e. The number of piperidine rings is 1. The van der Waals surface area contributed by atoms with Crippen molar-refractivity contribution in [3.05, 3.63) is 47.7 Å². The molecule has 2 aromatic carbocycles. The van der Waals surface area contributed by atoms with Crippen molar-refractivity contribution in [3.63, 3.8) is 0 Å². The van der Waals surface area contributed by atoms with Crippen molar-refractivity contribution in [2.75, 3.05) is 17.6 Å². The summed E-state index contributed by atoms with van der Waals surface area (Å²) in [6, 6.07) is 11.5.